The van der Waals surface area contributed by atoms with Crippen LogP contribution < -0.4 is 5.32 Å². The van der Waals surface area contributed by atoms with Crippen LogP contribution in [0.5, 0.6) is 0 Å². The lowest BCUT2D eigenvalue weighted by atomic mass is 10.1. The SMILES string of the molecule is CC(C)(C)OC(=O)N1CC=C(CNc2c(Br)ccc3c2COC3=O)CC1. The summed E-state index contributed by atoms with van der Waals surface area (Å²) in [5, 5.41) is 3.40. The van der Waals surface area contributed by atoms with E-state index in [0.29, 0.717) is 31.8 Å². The summed E-state index contributed by atoms with van der Waals surface area (Å²) in [7, 11) is 0. The van der Waals surface area contributed by atoms with Crippen molar-refractivity contribution in [1.29, 1.82) is 0 Å². The summed E-state index contributed by atoms with van der Waals surface area (Å²) in [5.74, 6) is -0.277. The molecule has 0 saturated heterocycles. The van der Waals surface area contributed by atoms with Gasteiger partial charge in [-0.1, -0.05) is 11.6 Å². The lowest BCUT2D eigenvalue weighted by Gasteiger charge is -2.29. The number of fused-ring (bicyclic) bond motifs is 1. The minimum absolute atomic E-state index is 0.277. The maximum Gasteiger partial charge on any atom is 0.410 e. The van der Waals surface area contributed by atoms with E-state index in [2.05, 4.69) is 27.3 Å². The molecule has 2 aliphatic heterocycles. The van der Waals surface area contributed by atoms with Gasteiger partial charge >= 0.3 is 12.1 Å². The Kier molecular flexibility index (Phi) is 5.27. The molecule has 26 heavy (non-hydrogen) atoms. The number of rotatable bonds is 3. The molecule has 0 unspecified atom stereocenters. The Morgan fingerprint density at radius 1 is 1.38 bits per heavy atom. The van der Waals surface area contributed by atoms with Gasteiger partial charge in [0.1, 0.15) is 12.2 Å². The number of amides is 1. The molecule has 0 radical (unpaired) electrons. The Bertz CT molecular complexity index is 768. The summed E-state index contributed by atoms with van der Waals surface area (Å²) in [5.41, 5.74) is 3.13. The van der Waals surface area contributed by atoms with Gasteiger partial charge in [0.2, 0.25) is 0 Å². The molecule has 3 rings (SSSR count). The second-order valence-electron chi connectivity index (χ2n) is 7.42. The molecule has 6 nitrogen and oxygen atoms in total. The fraction of sp³-hybridized carbons (Fsp3) is 0.474. The molecule has 0 saturated carbocycles. The number of anilines is 1. The van der Waals surface area contributed by atoms with Crippen molar-refractivity contribution in [1.82, 2.24) is 4.90 Å². The van der Waals surface area contributed by atoms with E-state index in [1.165, 1.54) is 5.57 Å². The first-order valence-electron chi connectivity index (χ1n) is 8.63. The van der Waals surface area contributed by atoms with E-state index in [4.69, 9.17) is 9.47 Å². The molecule has 1 amide bonds. The molecule has 0 bridgehead atoms. The number of benzene rings is 1. The summed E-state index contributed by atoms with van der Waals surface area (Å²) in [4.78, 5) is 25.5. The van der Waals surface area contributed by atoms with Gasteiger partial charge in [-0.25, -0.2) is 9.59 Å². The Hall–Kier alpha value is -2.02. The first-order valence-corrected chi connectivity index (χ1v) is 9.42. The third-order valence-corrected chi connectivity index (χ3v) is 4.94. The monoisotopic (exact) mass is 422 g/mol. The highest BCUT2D eigenvalue weighted by molar-refractivity contribution is 9.10. The Balaban J connectivity index is 1.61. The van der Waals surface area contributed by atoms with Crippen molar-refractivity contribution in [2.45, 2.75) is 39.4 Å². The minimum atomic E-state index is -0.484. The van der Waals surface area contributed by atoms with Crippen LogP contribution in [0.4, 0.5) is 10.5 Å². The largest absolute Gasteiger partial charge is 0.457 e. The van der Waals surface area contributed by atoms with Gasteiger partial charge in [0.05, 0.1) is 11.3 Å². The predicted molar refractivity (Wildman–Crippen MR) is 102 cm³/mol. The molecular formula is C19H23BrN2O4. The number of carbonyl (C=O) groups is 2. The molecule has 0 aliphatic carbocycles. The second kappa shape index (κ2) is 7.31. The van der Waals surface area contributed by atoms with Crippen molar-refractivity contribution in [2.24, 2.45) is 0 Å². The summed E-state index contributed by atoms with van der Waals surface area (Å²) >= 11 is 3.53. The maximum absolute atomic E-state index is 12.1. The highest BCUT2D eigenvalue weighted by Gasteiger charge is 2.26. The van der Waals surface area contributed by atoms with E-state index in [-0.39, 0.29) is 12.1 Å². The van der Waals surface area contributed by atoms with Crippen LogP contribution in [0.3, 0.4) is 0 Å². The molecule has 0 atom stereocenters. The molecule has 0 fully saturated rings. The van der Waals surface area contributed by atoms with Crippen LogP contribution >= 0.6 is 15.9 Å². The fourth-order valence-corrected chi connectivity index (χ4v) is 3.44. The number of carbonyl (C=O) groups excluding carboxylic acids is 2. The van der Waals surface area contributed by atoms with Gasteiger partial charge < -0.3 is 19.7 Å². The first kappa shape index (κ1) is 18.8. The molecule has 1 aromatic rings. The van der Waals surface area contributed by atoms with Crippen molar-refractivity contribution in [2.75, 3.05) is 25.0 Å². The average molecular weight is 423 g/mol. The number of ether oxygens (including phenoxy) is 2. The van der Waals surface area contributed by atoms with E-state index < -0.39 is 5.60 Å². The van der Waals surface area contributed by atoms with Crippen LogP contribution in [0.1, 0.15) is 43.1 Å². The summed E-state index contributed by atoms with van der Waals surface area (Å²) in [6, 6.07) is 3.63. The Morgan fingerprint density at radius 2 is 2.15 bits per heavy atom. The lowest BCUT2D eigenvalue weighted by molar-refractivity contribution is 0.0265. The smallest absolute Gasteiger partial charge is 0.410 e. The van der Waals surface area contributed by atoms with Gasteiger partial charge in [-0.2, -0.15) is 0 Å². The van der Waals surface area contributed by atoms with Crippen LogP contribution in [0.2, 0.25) is 0 Å². The van der Waals surface area contributed by atoms with Crippen molar-refractivity contribution >= 4 is 33.7 Å². The summed E-state index contributed by atoms with van der Waals surface area (Å²) in [6.07, 6.45) is 2.56. The quantitative estimate of drug-likeness (QED) is 0.586. The second-order valence-corrected chi connectivity index (χ2v) is 8.27. The van der Waals surface area contributed by atoms with Gasteiger partial charge in [-0.05, 0) is 55.3 Å². The molecule has 0 aromatic heterocycles. The van der Waals surface area contributed by atoms with Gasteiger partial charge in [0.15, 0.2) is 0 Å². The first-order chi connectivity index (χ1) is 12.2. The van der Waals surface area contributed by atoms with Crippen LogP contribution in [0, 0.1) is 0 Å². The van der Waals surface area contributed by atoms with Gasteiger partial charge in [0.25, 0.3) is 0 Å². The van der Waals surface area contributed by atoms with Crippen molar-refractivity contribution in [3.63, 3.8) is 0 Å². The zero-order valence-electron chi connectivity index (χ0n) is 15.2. The van der Waals surface area contributed by atoms with Crippen molar-refractivity contribution in [3.8, 4) is 0 Å². The highest BCUT2D eigenvalue weighted by atomic mass is 79.9. The molecule has 2 heterocycles. The number of cyclic esters (lactones) is 1. The third-order valence-electron chi connectivity index (χ3n) is 4.28. The zero-order valence-corrected chi connectivity index (χ0v) is 16.8. The van der Waals surface area contributed by atoms with Gasteiger partial charge in [-0.3, -0.25) is 0 Å². The van der Waals surface area contributed by atoms with E-state index in [1.807, 2.05) is 26.8 Å². The number of hydrogen-bond acceptors (Lipinski definition) is 5. The number of nitrogens with one attached hydrogen (secondary N) is 1. The van der Waals surface area contributed by atoms with Crippen LogP contribution in [-0.4, -0.2) is 42.2 Å². The molecule has 2 aliphatic rings. The molecular weight excluding hydrogens is 400 g/mol. The molecule has 140 valence electrons. The highest BCUT2D eigenvalue weighted by Crippen LogP contribution is 2.34. The Labute approximate surface area is 161 Å². The summed E-state index contributed by atoms with van der Waals surface area (Å²) in [6.45, 7) is 7.73. The van der Waals surface area contributed by atoms with Crippen LogP contribution in [0.25, 0.3) is 0 Å². The standard InChI is InChI=1S/C19H23BrN2O4/c1-19(2,3)26-18(24)22-8-6-12(7-9-22)10-21-16-14-11-25-17(23)13(14)4-5-15(16)20/h4-6,21H,7-11H2,1-3H3. The van der Waals surface area contributed by atoms with Crippen molar-refractivity contribution < 1.29 is 19.1 Å². The van der Waals surface area contributed by atoms with Crippen molar-refractivity contribution in [3.05, 3.63) is 39.4 Å². The molecule has 1 aromatic carbocycles. The minimum Gasteiger partial charge on any atom is -0.457 e. The zero-order chi connectivity index (χ0) is 18.9. The van der Waals surface area contributed by atoms with E-state index in [1.54, 1.807) is 11.0 Å². The third kappa shape index (κ3) is 4.20. The van der Waals surface area contributed by atoms with E-state index >= 15 is 0 Å². The van der Waals surface area contributed by atoms with Gasteiger partial charge in [-0.15, -0.1) is 0 Å². The van der Waals surface area contributed by atoms with E-state index in [0.717, 1.165) is 22.1 Å². The van der Waals surface area contributed by atoms with Crippen LogP contribution in [-0.2, 0) is 16.1 Å². The normalized spacial score (nSPS) is 16.7. The predicted octanol–water partition coefficient (Wildman–Crippen LogP) is 4.10. The molecule has 7 heteroatoms. The van der Waals surface area contributed by atoms with Crippen LogP contribution in [0.15, 0.2) is 28.3 Å². The maximum atomic E-state index is 12.1. The number of nitrogens with zero attached hydrogens (tertiary/aromatic N) is 1. The number of hydrogen-bond donors (Lipinski definition) is 1. The van der Waals surface area contributed by atoms with Gasteiger partial charge in [0, 0.05) is 29.7 Å². The number of halogens is 1. The number of esters is 1. The Morgan fingerprint density at radius 3 is 2.81 bits per heavy atom. The van der Waals surface area contributed by atoms with E-state index in [9.17, 15) is 9.59 Å². The summed E-state index contributed by atoms with van der Waals surface area (Å²) < 4.78 is 11.4. The lowest BCUT2D eigenvalue weighted by Crippen LogP contribution is -2.39. The molecule has 1 N–H and O–H groups in total. The molecule has 0 spiro atoms. The topological polar surface area (TPSA) is 67.9 Å². The average Bonchev–Trinajstić information content (AvgIpc) is 2.94. The fourth-order valence-electron chi connectivity index (χ4n) is 2.93.